The average Bonchev–Trinajstić information content (AvgIpc) is 3.12. The number of fused-ring (bicyclic) bond motifs is 4. The van der Waals surface area contributed by atoms with Gasteiger partial charge in [0.25, 0.3) is 0 Å². The van der Waals surface area contributed by atoms with E-state index in [1.54, 1.807) is 0 Å². The van der Waals surface area contributed by atoms with Gasteiger partial charge in [0.05, 0.1) is 0 Å². The van der Waals surface area contributed by atoms with Gasteiger partial charge in [0.1, 0.15) is 0 Å². The van der Waals surface area contributed by atoms with E-state index in [2.05, 4.69) is 196 Å². The zero-order valence-electron chi connectivity index (χ0n) is 27.5. The highest BCUT2D eigenvalue weighted by Gasteiger charge is 2.45. The van der Waals surface area contributed by atoms with Gasteiger partial charge in [0.15, 0.2) is 0 Å². The molecule has 0 aromatic heterocycles. The van der Waals surface area contributed by atoms with Crippen molar-refractivity contribution in [1.82, 2.24) is 0 Å². The highest BCUT2D eigenvalue weighted by Crippen LogP contribution is 2.55. The molecule has 0 saturated carbocycles. The van der Waals surface area contributed by atoms with Gasteiger partial charge < -0.3 is 4.90 Å². The number of benzene rings is 7. The molecule has 0 heterocycles. The van der Waals surface area contributed by atoms with Crippen LogP contribution in [-0.2, 0) is 10.8 Å². The van der Waals surface area contributed by atoms with Crippen LogP contribution < -0.4 is 4.90 Å². The van der Waals surface area contributed by atoms with Crippen LogP contribution in [0.1, 0.15) is 38.8 Å². The Balaban J connectivity index is 1.23. The van der Waals surface area contributed by atoms with Crippen molar-refractivity contribution in [2.75, 3.05) is 4.90 Å². The van der Waals surface area contributed by atoms with Gasteiger partial charge in [0, 0.05) is 17.1 Å². The van der Waals surface area contributed by atoms with Crippen LogP contribution in [0.3, 0.4) is 0 Å². The second-order valence-electron chi connectivity index (χ2n) is 13.9. The number of nitrogens with zero attached hydrogens (tertiary/aromatic N) is 1. The monoisotopic (exact) mass is 605 g/mol. The normalized spacial score (nSPS) is 14.3. The Morgan fingerprint density at radius 2 is 0.809 bits per heavy atom. The predicted molar refractivity (Wildman–Crippen MR) is 201 cm³/mol. The summed E-state index contributed by atoms with van der Waals surface area (Å²) in [6.07, 6.45) is 0. The van der Waals surface area contributed by atoms with E-state index < -0.39 is 0 Å². The highest BCUT2D eigenvalue weighted by atomic mass is 15.1. The lowest BCUT2D eigenvalue weighted by Crippen LogP contribution is -2.43. The molecular formula is C46H39N. The maximum absolute atomic E-state index is 2.44. The summed E-state index contributed by atoms with van der Waals surface area (Å²) >= 11 is 0. The molecule has 0 bridgehead atoms. The Morgan fingerprint density at radius 3 is 1.51 bits per heavy atom. The first-order chi connectivity index (χ1) is 22.8. The Bertz CT molecular complexity index is 2220. The molecule has 228 valence electrons. The molecule has 0 radical (unpaired) electrons. The van der Waals surface area contributed by atoms with Gasteiger partial charge in [-0.15, -0.1) is 0 Å². The molecule has 7 aromatic carbocycles. The van der Waals surface area contributed by atoms with Gasteiger partial charge >= 0.3 is 0 Å². The van der Waals surface area contributed by atoms with Crippen LogP contribution in [0.15, 0.2) is 164 Å². The lowest BCUT2D eigenvalue weighted by Gasteiger charge is -2.48. The smallest absolute Gasteiger partial charge is 0.0468 e. The van der Waals surface area contributed by atoms with E-state index in [1.807, 2.05) is 0 Å². The summed E-state index contributed by atoms with van der Waals surface area (Å²) in [5.41, 5.74) is 13.7. The van der Waals surface area contributed by atoms with Gasteiger partial charge in [-0.3, -0.25) is 0 Å². The fourth-order valence-corrected chi connectivity index (χ4v) is 7.41. The molecule has 8 rings (SSSR count). The summed E-state index contributed by atoms with van der Waals surface area (Å²) in [5.74, 6) is 0. The van der Waals surface area contributed by atoms with Crippen LogP contribution in [0.5, 0.6) is 0 Å². The van der Waals surface area contributed by atoms with E-state index in [0.717, 1.165) is 11.4 Å². The van der Waals surface area contributed by atoms with Gasteiger partial charge in [-0.25, -0.2) is 0 Å². The van der Waals surface area contributed by atoms with Crippen molar-refractivity contribution < 1.29 is 0 Å². The summed E-state index contributed by atoms with van der Waals surface area (Å²) in [6, 6.07) is 59.9. The summed E-state index contributed by atoms with van der Waals surface area (Å²) in [5, 5.41) is 2.48. The van der Waals surface area contributed by atoms with Crippen molar-refractivity contribution in [3.63, 3.8) is 0 Å². The summed E-state index contributed by atoms with van der Waals surface area (Å²) < 4.78 is 0. The Morgan fingerprint density at radius 1 is 0.340 bits per heavy atom. The molecule has 0 unspecified atom stereocenters. The zero-order valence-corrected chi connectivity index (χ0v) is 27.5. The number of hydrogen-bond acceptors (Lipinski definition) is 1. The molecular weight excluding hydrogens is 567 g/mol. The predicted octanol–water partition coefficient (Wildman–Crippen LogP) is 12.9. The minimum atomic E-state index is -0.0719. The molecule has 0 atom stereocenters. The molecule has 1 heteroatoms. The van der Waals surface area contributed by atoms with Crippen LogP contribution in [0.4, 0.5) is 17.1 Å². The third-order valence-electron chi connectivity index (χ3n) is 10.8. The minimum Gasteiger partial charge on any atom is -0.310 e. The molecule has 0 fully saturated rings. The van der Waals surface area contributed by atoms with E-state index in [0.29, 0.717) is 0 Å². The molecule has 47 heavy (non-hydrogen) atoms. The topological polar surface area (TPSA) is 3.24 Å². The zero-order chi connectivity index (χ0) is 32.2. The molecule has 1 aliphatic carbocycles. The molecule has 0 spiro atoms. The van der Waals surface area contributed by atoms with Gasteiger partial charge in [-0.1, -0.05) is 155 Å². The van der Waals surface area contributed by atoms with Crippen LogP contribution in [0, 0.1) is 0 Å². The largest absolute Gasteiger partial charge is 0.310 e. The maximum atomic E-state index is 2.44. The van der Waals surface area contributed by atoms with Gasteiger partial charge in [-0.05, 0) is 103 Å². The Kier molecular flexibility index (Phi) is 6.88. The van der Waals surface area contributed by atoms with E-state index >= 15 is 0 Å². The molecule has 0 N–H and O–H groups in total. The first-order valence-corrected chi connectivity index (χ1v) is 16.6. The number of hydrogen-bond donors (Lipinski definition) is 0. The van der Waals surface area contributed by atoms with Crippen molar-refractivity contribution in [3.05, 3.63) is 175 Å². The first kappa shape index (κ1) is 29.0. The Labute approximate surface area is 278 Å². The van der Waals surface area contributed by atoms with Crippen molar-refractivity contribution in [2.45, 2.75) is 38.5 Å². The van der Waals surface area contributed by atoms with Crippen LogP contribution in [0.25, 0.3) is 44.2 Å². The third-order valence-corrected chi connectivity index (χ3v) is 10.8. The lowest BCUT2D eigenvalue weighted by atomic mass is 9.55. The molecule has 0 saturated heterocycles. The SMILES string of the molecule is CC1(C)c2ccccc2-c2ccc(N(c3ccc(-c4ccc(-c5ccccc5)cc4)cc3)c3ccc4ccccc4c3)cc2C1(C)C. The molecule has 1 aliphatic rings. The second-order valence-corrected chi connectivity index (χ2v) is 13.9. The van der Waals surface area contributed by atoms with Crippen molar-refractivity contribution in [2.24, 2.45) is 0 Å². The maximum Gasteiger partial charge on any atom is 0.0468 e. The van der Waals surface area contributed by atoms with Crippen LogP contribution in [0.2, 0.25) is 0 Å². The average molecular weight is 606 g/mol. The Hall–Kier alpha value is -5.40. The van der Waals surface area contributed by atoms with E-state index in [9.17, 15) is 0 Å². The highest BCUT2D eigenvalue weighted by molar-refractivity contribution is 5.90. The van der Waals surface area contributed by atoms with Crippen molar-refractivity contribution in [1.29, 1.82) is 0 Å². The van der Waals surface area contributed by atoms with E-state index in [4.69, 9.17) is 0 Å². The van der Waals surface area contributed by atoms with Gasteiger partial charge in [-0.2, -0.15) is 0 Å². The third kappa shape index (κ3) is 4.86. The second kappa shape index (κ2) is 11.1. The summed E-state index contributed by atoms with van der Waals surface area (Å²) in [6.45, 7) is 9.61. The van der Waals surface area contributed by atoms with Crippen LogP contribution >= 0.6 is 0 Å². The van der Waals surface area contributed by atoms with E-state index in [-0.39, 0.29) is 10.8 Å². The molecule has 1 nitrogen and oxygen atoms in total. The lowest BCUT2D eigenvalue weighted by molar-refractivity contribution is 0.299. The molecule has 0 aliphatic heterocycles. The first-order valence-electron chi connectivity index (χ1n) is 16.6. The minimum absolute atomic E-state index is 0.0271. The fourth-order valence-electron chi connectivity index (χ4n) is 7.41. The van der Waals surface area contributed by atoms with E-state index in [1.165, 1.54) is 61.0 Å². The van der Waals surface area contributed by atoms with Crippen molar-refractivity contribution >= 4 is 27.8 Å². The summed E-state index contributed by atoms with van der Waals surface area (Å²) in [7, 11) is 0. The number of rotatable bonds is 5. The fraction of sp³-hybridized carbons (Fsp3) is 0.130. The quantitative estimate of drug-likeness (QED) is 0.189. The number of anilines is 3. The molecule has 0 amide bonds. The van der Waals surface area contributed by atoms with Crippen LogP contribution in [-0.4, -0.2) is 0 Å². The standard InChI is InChI=1S/C46H39N/c1-45(2)43-17-11-10-16-41(43)42-29-28-40(31-44(42)46(45,3)4)47(39-27-24-33-14-8-9-15-37(33)30-39)38-25-22-36(23-26-38)35-20-18-34(19-21-35)32-12-6-5-7-13-32/h5-31H,1-4H3. The molecule has 7 aromatic rings. The summed E-state index contributed by atoms with van der Waals surface area (Å²) in [4.78, 5) is 2.42. The van der Waals surface area contributed by atoms with Crippen molar-refractivity contribution in [3.8, 4) is 33.4 Å². The van der Waals surface area contributed by atoms with Gasteiger partial charge in [0.2, 0.25) is 0 Å².